The molecule has 3 aromatic rings. The molecule has 2 aromatic carbocycles. The Morgan fingerprint density at radius 3 is 2.64 bits per heavy atom. The Hall–Kier alpha value is -2.25. The van der Waals surface area contributed by atoms with Crippen LogP contribution < -0.4 is 15.5 Å². The van der Waals surface area contributed by atoms with E-state index < -0.39 is 0 Å². The second-order valence-corrected chi connectivity index (χ2v) is 8.45. The lowest BCUT2D eigenvalue weighted by Gasteiger charge is -2.34. The van der Waals surface area contributed by atoms with Gasteiger partial charge in [0.2, 0.25) is 0 Å². The molecule has 1 aliphatic rings. The first-order valence-corrected chi connectivity index (χ1v) is 10.6. The van der Waals surface area contributed by atoms with Crippen LogP contribution in [0.5, 0.6) is 0 Å². The van der Waals surface area contributed by atoms with Gasteiger partial charge in [0.25, 0.3) is 0 Å². The summed E-state index contributed by atoms with van der Waals surface area (Å²) < 4.78 is 1.05. The molecule has 0 unspecified atom stereocenters. The zero-order valence-electron chi connectivity index (χ0n) is 15.7. The van der Waals surface area contributed by atoms with Gasteiger partial charge < -0.3 is 15.5 Å². The number of rotatable bonds is 3. The van der Waals surface area contributed by atoms with E-state index in [1.807, 2.05) is 24.4 Å². The number of thiocarbonyl (C=S) groups is 1. The van der Waals surface area contributed by atoms with Crippen LogP contribution in [-0.2, 0) is 0 Å². The van der Waals surface area contributed by atoms with Gasteiger partial charge in [-0.15, -0.1) is 5.10 Å². The topological polar surface area (TPSA) is 53.1 Å². The molecule has 0 spiro atoms. The summed E-state index contributed by atoms with van der Waals surface area (Å²) in [6.07, 6.45) is 3.82. The van der Waals surface area contributed by atoms with E-state index in [0.29, 0.717) is 11.2 Å². The lowest BCUT2D eigenvalue weighted by Crippen LogP contribution is -2.46. The zero-order chi connectivity index (χ0) is 19.5. The Labute approximate surface area is 178 Å². The molecule has 7 heteroatoms. The van der Waals surface area contributed by atoms with Gasteiger partial charge in [-0.3, -0.25) is 0 Å². The van der Waals surface area contributed by atoms with Crippen LogP contribution in [0.2, 0.25) is 0 Å². The number of halogens is 1. The highest BCUT2D eigenvalue weighted by molar-refractivity contribution is 9.10. The van der Waals surface area contributed by atoms with Crippen LogP contribution in [0.25, 0.3) is 10.8 Å². The van der Waals surface area contributed by atoms with Crippen molar-refractivity contribution in [2.24, 2.45) is 0 Å². The smallest absolute Gasteiger partial charge is 0.170 e. The molecule has 1 saturated heterocycles. The molecule has 0 aliphatic carbocycles. The highest BCUT2D eigenvalue weighted by Gasteiger charge is 2.22. The second-order valence-electron chi connectivity index (χ2n) is 7.13. The maximum atomic E-state index is 5.49. The van der Waals surface area contributed by atoms with Gasteiger partial charge in [-0.05, 0) is 56.2 Å². The molecular formula is C21H22BrN5S. The third-order valence-corrected chi connectivity index (χ3v) is 5.76. The molecule has 1 aliphatic heterocycles. The molecule has 1 aromatic heterocycles. The molecule has 0 amide bonds. The van der Waals surface area contributed by atoms with E-state index in [1.54, 1.807) is 0 Å². The molecule has 2 N–H and O–H groups in total. The van der Waals surface area contributed by atoms with Crippen molar-refractivity contribution in [3.05, 3.63) is 58.7 Å². The van der Waals surface area contributed by atoms with Gasteiger partial charge in [-0.25, -0.2) is 0 Å². The van der Waals surface area contributed by atoms with E-state index in [4.69, 9.17) is 12.2 Å². The van der Waals surface area contributed by atoms with Gasteiger partial charge in [0.1, 0.15) is 0 Å². The second kappa shape index (κ2) is 8.41. The summed E-state index contributed by atoms with van der Waals surface area (Å²) in [6.45, 7) is 3.92. The number of aryl methyl sites for hydroxylation is 1. The number of piperidine rings is 1. The summed E-state index contributed by atoms with van der Waals surface area (Å²) in [4.78, 5) is 2.32. The predicted molar refractivity (Wildman–Crippen MR) is 123 cm³/mol. The number of aromatic nitrogens is 2. The summed E-state index contributed by atoms with van der Waals surface area (Å²) in [7, 11) is 0. The highest BCUT2D eigenvalue weighted by atomic mass is 79.9. The zero-order valence-corrected chi connectivity index (χ0v) is 18.1. The fourth-order valence-electron chi connectivity index (χ4n) is 3.49. The maximum Gasteiger partial charge on any atom is 0.170 e. The van der Waals surface area contributed by atoms with E-state index in [2.05, 4.69) is 72.8 Å². The van der Waals surface area contributed by atoms with E-state index in [-0.39, 0.29) is 0 Å². The molecule has 5 nitrogen and oxygen atoms in total. The standard InChI is InChI=1S/C21H22BrN5S/c1-14-2-6-17(7-3-14)24-21(28)25-18-8-10-27(11-9-18)20-19-12-16(22)5-4-15(19)13-23-26-20/h2-7,12-13,18H,8-11H2,1H3,(H2,24,25,28). The monoisotopic (exact) mass is 455 g/mol. The van der Waals surface area contributed by atoms with Gasteiger partial charge in [0.05, 0.1) is 6.20 Å². The number of nitrogens with one attached hydrogen (secondary N) is 2. The average molecular weight is 456 g/mol. The summed E-state index contributed by atoms with van der Waals surface area (Å²) in [5.74, 6) is 0.956. The van der Waals surface area contributed by atoms with Crippen molar-refractivity contribution in [1.29, 1.82) is 0 Å². The lowest BCUT2D eigenvalue weighted by molar-refractivity contribution is 0.466. The number of nitrogens with zero attached hydrogens (tertiary/aromatic N) is 3. The first kappa shape index (κ1) is 19.1. The summed E-state index contributed by atoms with van der Waals surface area (Å²) in [6, 6.07) is 14.8. The van der Waals surface area contributed by atoms with Crippen LogP contribution >= 0.6 is 28.1 Å². The number of hydrogen-bond donors (Lipinski definition) is 2. The summed E-state index contributed by atoms with van der Waals surface area (Å²) >= 11 is 9.05. The highest BCUT2D eigenvalue weighted by Crippen LogP contribution is 2.28. The van der Waals surface area contributed by atoms with E-state index in [9.17, 15) is 0 Å². The third-order valence-electron chi connectivity index (χ3n) is 5.04. The molecule has 1 fully saturated rings. The lowest BCUT2D eigenvalue weighted by atomic mass is 10.0. The van der Waals surface area contributed by atoms with Gasteiger partial charge >= 0.3 is 0 Å². The van der Waals surface area contributed by atoms with Crippen LogP contribution in [0.3, 0.4) is 0 Å². The number of fused-ring (bicyclic) bond motifs is 1. The maximum absolute atomic E-state index is 5.49. The third kappa shape index (κ3) is 4.42. The number of benzene rings is 2. The molecule has 0 radical (unpaired) electrons. The van der Waals surface area contributed by atoms with Gasteiger partial charge in [0, 0.05) is 40.1 Å². The fourth-order valence-corrected chi connectivity index (χ4v) is 4.14. The first-order valence-electron chi connectivity index (χ1n) is 9.38. The van der Waals surface area contributed by atoms with Crippen LogP contribution in [0.15, 0.2) is 53.1 Å². The SMILES string of the molecule is Cc1ccc(NC(=S)NC2CCN(c3nncc4ccc(Br)cc34)CC2)cc1. The quantitative estimate of drug-likeness (QED) is 0.560. The minimum absolute atomic E-state index is 0.358. The molecule has 2 heterocycles. The summed E-state index contributed by atoms with van der Waals surface area (Å²) in [5, 5.41) is 18.2. The van der Waals surface area contributed by atoms with Crippen molar-refractivity contribution in [3.8, 4) is 0 Å². The van der Waals surface area contributed by atoms with Crippen LogP contribution in [0.4, 0.5) is 11.5 Å². The minimum Gasteiger partial charge on any atom is -0.360 e. The van der Waals surface area contributed by atoms with Gasteiger partial charge in [-0.2, -0.15) is 5.10 Å². The molecule has 28 heavy (non-hydrogen) atoms. The van der Waals surface area contributed by atoms with E-state index >= 15 is 0 Å². The number of anilines is 2. The molecule has 0 bridgehead atoms. The Morgan fingerprint density at radius 2 is 1.89 bits per heavy atom. The first-order chi connectivity index (χ1) is 13.6. The van der Waals surface area contributed by atoms with Crippen molar-refractivity contribution in [2.45, 2.75) is 25.8 Å². The predicted octanol–water partition coefficient (Wildman–Crippen LogP) is 4.66. The van der Waals surface area contributed by atoms with Crippen LogP contribution in [-0.4, -0.2) is 34.4 Å². The van der Waals surface area contributed by atoms with Crippen molar-refractivity contribution in [2.75, 3.05) is 23.3 Å². The Morgan fingerprint density at radius 1 is 1.14 bits per heavy atom. The molecule has 144 valence electrons. The Kier molecular flexibility index (Phi) is 5.73. The van der Waals surface area contributed by atoms with E-state index in [1.165, 1.54) is 5.56 Å². The minimum atomic E-state index is 0.358. The van der Waals surface area contributed by atoms with Crippen LogP contribution in [0, 0.1) is 6.92 Å². The molecule has 4 rings (SSSR count). The molecule has 0 atom stereocenters. The van der Waals surface area contributed by atoms with Crippen LogP contribution in [0.1, 0.15) is 18.4 Å². The van der Waals surface area contributed by atoms with Gasteiger partial charge in [0.15, 0.2) is 10.9 Å². The Bertz CT molecular complexity index is 984. The van der Waals surface area contributed by atoms with Crippen molar-refractivity contribution in [3.63, 3.8) is 0 Å². The molecular weight excluding hydrogens is 434 g/mol. The summed E-state index contributed by atoms with van der Waals surface area (Å²) in [5.41, 5.74) is 2.25. The van der Waals surface area contributed by atoms with Gasteiger partial charge in [-0.1, -0.05) is 39.7 Å². The average Bonchev–Trinajstić information content (AvgIpc) is 2.70. The van der Waals surface area contributed by atoms with Crippen molar-refractivity contribution >= 4 is 55.5 Å². The Balaban J connectivity index is 1.36. The normalized spacial score (nSPS) is 14.9. The van der Waals surface area contributed by atoms with E-state index in [0.717, 1.165) is 52.7 Å². The van der Waals surface area contributed by atoms with Crippen molar-refractivity contribution < 1.29 is 0 Å². The number of hydrogen-bond acceptors (Lipinski definition) is 4. The van der Waals surface area contributed by atoms with Crippen molar-refractivity contribution in [1.82, 2.24) is 15.5 Å². The molecule has 0 saturated carbocycles. The largest absolute Gasteiger partial charge is 0.360 e. The fraction of sp³-hybridized carbons (Fsp3) is 0.286.